The quantitative estimate of drug-likeness (QED) is 0.728. The van der Waals surface area contributed by atoms with E-state index in [1.807, 2.05) is 0 Å². The van der Waals surface area contributed by atoms with Crippen molar-refractivity contribution in [3.05, 3.63) is 23.4 Å². The molecular weight excluding hydrogens is 213 g/mol. The van der Waals surface area contributed by atoms with Crippen LogP contribution in [-0.4, -0.2) is 18.1 Å². The molecule has 0 aliphatic heterocycles. The molecule has 0 amide bonds. The molecule has 0 bridgehead atoms. The van der Waals surface area contributed by atoms with Crippen molar-refractivity contribution < 1.29 is 22.7 Å². The van der Waals surface area contributed by atoms with Gasteiger partial charge in [-0.2, -0.15) is 13.2 Å². The molecule has 15 heavy (non-hydrogen) atoms. The van der Waals surface area contributed by atoms with Crippen LogP contribution in [0.3, 0.4) is 0 Å². The van der Waals surface area contributed by atoms with E-state index >= 15 is 0 Å². The van der Waals surface area contributed by atoms with Gasteiger partial charge in [-0.15, -0.1) is 0 Å². The Kier molecular flexibility index (Phi) is 2.83. The molecule has 4 nitrogen and oxygen atoms in total. The molecule has 0 unspecified atom stereocenters. The highest BCUT2D eigenvalue weighted by atomic mass is 19.4. The molecule has 1 aromatic heterocycles. The van der Waals surface area contributed by atoms with E-state index in [0.717, 1.165) is 13.3 Å². The number of carbonyl (C=O) groups excluding carboxylic acids is 1. The van der Waals surface area contributed by atoms with E-state index in [2.05, 4.69) is 9.72 Å². The van der Waals surface area contributed by atoms with Crippen molar-refractivity contribution in [2.24, 2.45) is 0 Å². The standard InChI is InChI=1S/C8H7F3N2O2/c1-15-7(14)5-4(8(9,10)11)2-3-13-6(5)12/h2-3H,1H3,(H2,12,13). The number of hydrogen-bond donors (Lipinski definition) is 1. The maximum Gasteiger partial charge on any atom is 0.417 e. The maximum atomic E-state index is 12.4. The third kappa shape index (κ3) is 2.17. The molecule has 1 heterocycles. The van der Waals surface area contributed by atoms with Crippen molar-refractivity contribution in [3.63, 3.8) is 0 Å². The summed E-state index contributed by atoms with van der Waals surface area (Å²) in [6.07, 6.45) is -3.79. The predicted octanol–water partition coefficient (Wildman–Crippen LogP) is 1.47. The summed E-state index contributed by atoms with van der Waals surface area (Å²) in [7, 11) is 0.967. The van der Waals surface area contributed by atoms with Crippen molar-refractivity contribution in [2.45, 2.75) is 6.18 Å². The van der Waals surface area contributed by atoms with Crippen molar-refractivity contribution >= 4 is 11.8 Å². The molecule has 0 saturated carbocycles. The average Bonchev–Trinajstić information content (AvgIpc) is 2.15. The Morgan fingerprint density at radius 3 is 2.60 bits per heavy atom. The zero-order valence-corrected chi connectivity index (χ0v) is 7.63. The lowest BCUT2D eigenvalue weighted by Crippen LogP contribution is -2.17. The van der Waals surface area contributed by atoms with Crippen molar-refractivity contribution in [2.75, 3.05) is 12.8 Å². The molecule has 0 spiro atoms. The maximum absolute atomic E-state index is 12.4. The fourth-order valence-electron chi connectivity index (χ4n) is 1.03. The van der Waals surface area contributed by atoms with Crippen LogP contribution in [0.4, 0.5) is 19.0 Å². The number of methoxy groups -OCH3 is 1. The Morgan fingerprint density at radius 2 is 2.13 bits per heavy atom. The van der Waals surface area contributed by atoms with Gasteiger partial charge in [0.25, 0.3) is 0 Å². The first-order valence-corrected chi connectivity index (χ1v) is 3.78. The van der Waals surface area contributed by atoms with E-state index in [9.17, 15) is 18.0 Å². The zero-order chi connectivity index (χ0) is 11.6. The summed E-state index contributed by atoms with van der Waals surface area (Å²) >= 11 is 0. The monoisotopic (exact) mass is 220 g/mol. The minimum absolute atomic E-state index is 0.503. The summed E-state index contributed by atoms with van der Waals surface area (Å²) < 4.78 is 41.5. The van der Waals surface area contributed by atoms with Crippen LogP contribution >= 0.6 is 0 Å². The second-order valence-corrected chi connectivity index (χ2v) is 2.61. The van der Waals surface area contributed by atoms with E-state index in [1.54, 1.807) is 0 Å². The number of carbonyl (C=O) groups is 1. The number of alkyl halides is 3. The van der Waals surface area contributed by atoms with Gasteiger partial charge in [-0.25, -0.2) is 9.78 Å². The van der Waals surface area contributed by atoms with E-state index in [-0.39, 0.29) is 0 Å². The van der Waals surface area contributed by atoms with Crippen LogP contribution in [0.15, 0.2) is 12.3 Å². The average molecular weight is 220 g/mol. The number of halogens is 3. The molecular formula is C8H7F3N2O2. The van der Waals surface area contributed by atoms with Gasteiger partial charge < -0.3 is 10.5 Å². The molecule has 0 fully saturated rings. The Labute approximate surface area is 82.9 Å². The number of nitrogens with two attached hydrogens (primary N) is 1. The zero-order valence-electron chi connectivity index (χ0n) is 7.63. The summed E-state index contributed by atoms with van der Waals surface area (Å²) in [5, 5.41) is 0. The van der Waals surface area contributed by atoms with Crippen LogP contribution in [0, 0.1) is 0 Å². The Balaban J connectivity index is 3.40. The highest BCUT2D eigenvalue weighted by Crippen LogP contribution is 2.33. The van der Waals surface area contributed by atoms with Crippen molar-refractivity contribution in [1.29, 1.82) is 0 Å². The predicted molar refractivity (Wildman–Crippen MR) is 45.0 cm³/mol. The fourth-order valence-corrected chi connectivity index (χ4v) is 1.03. The normalized spacial score (nSPS) is 11.2. The molecule has 82 valence electrons. The molecule has 0 saturated heterocycles. The lowest BCUT2D eigenvalue weighted by Gasteiger charge is -2.11. The molecule has 0 atom stereocenters. The van der Waals surface area contributed by atoms with Crippen molar-refractivity contribution in [3.8, 4) is 0 Å². The first kappa shape index (κ1) is 11.3. The van der Waals surface area contributed by atoms with Gasteiger partial charge in [0.05, 0.1) is 12.7 Å². The Morgan fingerprint density at radius 1 is 1.53 bits per heavy atom. The third-order valence-electron chi connectivity index (χ3n) is 1.68. The minimum atomic E-state index is -4.67. The molecule has 0 aliphatic rings. The van der Waals surface area contributed by atoms with Gasteiger partial charge >= 0.3 is 12.1 Å². The fraction of sp³-hybridized carbons (Fsp3) is 0.250. The first-order valence-electron chi connectivity index (χ1n) is 3.78. The summed E-state index contributed by atoms with van der Waals surface area (Å²) in [6, 6.07) is 0.669. The van der Waals surface area contributed by atoms with Gasteiger partial charge in [0.15, 0.2) is 0 Å². The van der Waals surface area contributed by atoms with E-state index in [0.29, 0.717) is 6.07 Å². The molecule has 7 heteroatoms. The van der Waals surface area contributed by atoms with E-state index in [4.69, 9.17) is 5.73 Å². The van der Waals surface area contributed by atoms with Gasteiger partial charge in [0, 0.05) is 6.20 Å². The largest absolute Gasteiger partial charge is 0.465 e. The number of pyridine rings is 1. The third-order valence-corrected chi connectivity index (χ3v) is 1.68. The molecule has 1 rings (SSSR count). The van der Waals surface area contributed by atoms with Gasteiger partial charge in [-0.1, -0.05) is 0 Å². The van der Waals surface area contributed by atoms with Crippen molar-refractivity contribution in [1.82, 2.24) is 4.98 Å². The van der Waals surface area contributed by atoms with Crippen LogP contribution in [0.5, 0.6) is 0 Å². The molecule has 0 radical (unpaired) electrons. The second-order valence-electron chi connectivity index (χ2n) is 2.61. The smallest absolute Gasteiger partial charge is 0.417 e. The highest BCUT2D eigenvalue weighted by Gasteiger charge is 2.37. The summed E-state index contributed by atoms with van der Waals surface area (Å²) in [5.41, 5.74) is 3.27. The number of aromatic nitrogens is 1. The minimum Gasteiger partial charge on any atom is -0.465 e. The number of nitrogens with zero attached hydrogens (tertiary/aromatic N) is 1. The van der Waals surface area contributed by atoms with Gasteiger partial charge in [-0.3, -0.25) is 0 Å². The highest BCUT2D eigenvalue weighted by molar-refractivity contribution is 5.95. The number of rotatable bonds is 1. The lowest BCUT2D eigenvalue weighted by molar-refractivity contribution is -0.138. The second kappa shape index (κ2) is 3.76. The molecule has 0 aliphatic carbocycles. The van der Waals surface area contributed by atoms with Crippen LogP contribution in [0.2, 0.25) is 0 Å². The van der Waals surface area contributed by atoms with Gasteiger partial charge in [0.1, 0.15) is 11.4 Å². The number of nitrogen functional groups attached to an aromatic ring is 1. The van der Waals surface area contributed by atoms with Crippen LogP contribution in [-0.2, 0) is 10.9 Å². The first-order chi connectivity index (χ1) is 6.88. The molecule has 1 aromatic rings. The number of anilines is 1. The molecule has 2 N–H and O–H groups in total. The summed E-state index contributed by atoms with van der Waals surface area (Å²) in [5.74, 6) is -1.66. The van der Waals surface area contributed by atoms with Crippen LogP contribution in [0.1, 0.15) is 15.9 Å². The number of hydrogen-bond acceptors (Lipinski definition) is 4. The van der Waals surface area contributed by atoms with E-state index < -0.39 is 29.1 Å². The number of ether oxygens (including phenoxy) is 1. The van der Waals surface area contributed by atoms with Crippen LogP contribution in [0.25, 0.3) is 0 Å². The lowest BCUT2D eigenvalue weighted by atomic mass is 10.1. The van der Waals surface area contributed by atoms with E-state index in [1.165, 1.54) is 0 Å². The van der Waals surface area contributed by atoms with Gasteiger partial charge in [0.2, 0.25) is 0 Å². The topological polar surface area (TPSA) is 65.2 Å². The summed E-state index contributed by atoms with van der Waals surface area (Å²) in [6.45, 7) is 0. The summed E-state index contributed by atoms with van der Waals surface area (Å²) in [4.78, 5) is 14.5. The Hall–Kier alpha value is -1.79. The number of esters is 1. The van der Waals surface area contributed by atoms with Gasteiger partial charge in [-0.05, 0) is 6.07 Å². The molecule has 0 aromatic carbocycles. The van der Waals surface area contributed by atoms with Crippen LogP contribution < -0.4 is 5.73 Å². The SMILES string of the molecule is COC(=O)c1c(C(F)(F)F)ccnc1N. The Bertz CT molecular complexity index is 390.